The first kappa shape index (κ1) is 24.1. The Morgan fingerprint density at radius 2 is 1.57 bits per heavy atom. The van der Waals surface area contributed by atoms with Crippen LogP contribution < -0.4 is 5.32 Å². The Labute approximate surface area is 204 Å². The summed E-state index contributed by atoms with van der Waals surface area (Å²) >= 11 is 0. The molecule has 178 valence electrons. The molecule has 4 rings (SSSR count). The second-order valence-corrected chi connectivity index (χ2v) is 9.41. The molecule has 0 saturated heterocycles. The third-order valence-corrected chi connectivity index (χ3v) is 6.80. The number of allylic oxidation sites excluding steroid dienone is 2. The zero-order chi connectivity index (χ0) is 25.0. The normalized spacial score (nSPS) is 14.3. The molecule has 0 spiro atoms. The lowest BCUT2D eigenvalue weighted by Crippen LogP contribution is -2.22. The predicted octanol–water partition coefficient (Wildman–Crippen LogP) is 4.80. The summed E-state index contributed by atoms with van der Waals surface area (Å²) in [5.74, 6) is -0.730. The van der Waals surface area contributed by atoms with E-state index in [2.05, 4.69) is 9.71 Å². The SMILES string of the molecule is CCOC(=O)c1ccc(NC2=C/C(=N/S(=O)(=O)c3ccc(CC)cc3)c3ccccc3C2=O)cc1. The summed E-state index contributed by atoms with van der Waals surface area (Å²) in [4.78, 5) is 25.1. The Hall–Kier alpha value is -4.04. The lowest BCUT2D eigenvalue weighted by Gasteiger charge is -2.19. The highest BCUT2D eigenvalue weighted by Gasteiger charge is 2.26. The Bertz CT molecular complexity index is 1440. The Morgan fingerprint density at radius 1 is 0.914 bits per heavy atom. The Balaban J connectivity index is 1.70. The van der Waals surface area contributed by atoms with Crippen LogP contribution in [0.5, 0.6) is 0 Å². The maximum atomic E-state index is 13.1. The van der Waals surface area contributed by atoms with Crippen molar-refractivity contribution < 1.29 is 22.7 Å². The van der Waals surface area contributed by atoms with Crippen LogP contribution in [0.4, 0.5) is 5.69 Å². The number of sulfonamides is 1. The molecule has 0 amide bonds. The van der Waals surface area contributed by atoms with Gasteiger partial charge in [-0.15, -0.1) is 0 Å². The minimum atomic E-state index is -4.01. The van der Waals surface area contributed by atoms with Crippen molar-refractivity contribution in [2.75, 3.05) is 11.9 Å². The summed E-state index contributed by atoms with van der Waals surface area (Å²) < 4.78 is 35.2. The monoisotopic (exact) mass is 488 g/mol. The minimum Gasteiger partial charge on any atom is -0.462 e. The number of fused-ring (bicyclic) bond motifs is 1. The Morgan fingerprint density at radius 3 is 2.20 bits per heavy atom. The van der Waals surface area contributed by atoms with Crippen molar-refractivity contribution in [2.45, 2.75) is 25.2 Å². The van der Waals surface area contributed by atoms with Crippen LogP contribution in [-0.2, 0) is 21.2 Å². The number of aryl methyl sites for hydroxylation is 1. The van der Waals surface area contributed by atoms with E-state index in [0.29, 0.717) is 22.4 Å². The van der Waals surface area contributed by atoms with E-state index in [4.69, 9.17) is 4.74 Å². The van der Waals surface area contributed by atoms with Gasteiger partial charge in [0.05, 0.1) is 28.5 Å². The van der Waals surface area contributed by atoms with Gasteiger partial charge >= 0.3 is 5.97 Å². The standard InChI is InChI=1S/C27H24N2O5S/c1-3-18-9-15-21(16-10-18)35(32,33)29-24-17-25(26(30)23-8-6-5-7-22(23)24)28-20-13-11-19(12-14-20)27(31)34-4-2/h5-17,28H,3-4H2,1-2H3/b29-24-. The van der Waals surface area contributed by atoms with Crippen LogP contribution in [0.3, 0.4) is 0 Å². The zero-order valence-corrected chi connectivity index (χ0v) is 20.1. The van der Waals surface area contributed by atoms with E-state index in [1.54, 1.807) is 67.6 Å². The van der Waals surface area contributed by atoms with Crippen molar-refractivity contribution >= 4 is 33.2 Å². The molecule has 0 atom stereocenters. The summed E-state index contributed by atoms with van der Waals surface area (Å²) in [6.07, 6.45) is 2.23. The van der Waals surface area contributed by atoms with Crippen LogP contribution in [0, 0.1) is 0 Å². The molecule has 3 aromatic carbocycles. The first-order chi connectivity index (χ1) is 16.8. The van der Waals surface area contributed by atoms with Gasteiger partial charge in [-0.05, 0) is 61.4 Å². The Kier molecular flexibility index (Phi) is 6.93. The fraction of sp³-hybridized carbons (Fsp3) is 0.148. The van der Waals surface area contributed by atoms with Gasteiger partial charge in [-0.25, -0.2) is 4.79 Å². The van der Waals surface area contributed by atoms with Crippen LogP contribution in [0.1, 0.15) is 45.7 Å². The highest BCUT2D eigenvalue weighted by atomic mass is 32.2. The number of benzene rings is 3. The quantitative estimate of drug-likeness (QED) is 0.480. The lowest BCUT2D eigenvalue weighted by atomic mass is 9.92. The van der Waals surface area contributed by atoms with Crippen LogP contribution in [0.2, 0.25) is 0 Å². The lowest BCUT2D eigenvalue weighted by molar-refractivity contribution is 0.0526. The summed E-state index contributed by atoms with van der Waals surface area (Å²) in [5, 5.41) is 3.02. The number of ketones is 1. The molecule has 0 unspecified atom stereocenters. The van der Waals surface area contributed by atoms with Crippen LogP contribution >= 0.6 is 0 Å². The smallest absolute Gasteiger partial charge is 0.338 e. The van der Waals surface area contributed by atoms with E-state index < -0.39 is 16.0 Å². The van der Waals surface area contributed by atoms with Crippen LogP contribution in [-0.4, -0.2) is 32.5 Å². The summed E-state index contributed by atoms with van der Waals surface area (Å²) in [5.41, 5.74) is 3.06. The van der Waals surface area contributed by atoms with Gasteiger partial charge in [0.2, 0.25) is 5.78 Å². The van der Waals surface area contributed by atoms with Crippen molar-refractivity contribution in [3.05, 3.63) is 107 Å². The molecular weight excluding hydrogens is 464 g/mol. The number of carbonyl (C=O) groups is 2. The minimum absolute atomic E-state index is 0.0778. The molecule has 1 aliphatic carbocycles. The summed E-state index contributed by atoms with van der Waals surface area (Å²) in [6.45, 7) is 3.99. The first-order valence-electron chi connectivity index (χ1n) is 11.2. The van der Waals surface area contributed by atoms with E-state index >= 15 is 0 Å². The number of hydrogen-bond donors (Lipinski definition) is 1. The molecular formula is C27H24N2O5S. The van der Waals surface area contributed by atoms with Gasteiger partial charge in [0.15, 0.2) is 0 Å². The maximum absolute atomic E-state index is 13.1. The molecule has 35 heavy (non-hydrogen) atoms. The molecule has 0 aliphatic heterocycles. The number of anilines is 1. The van der Waals surface area contributed by atoms with Gasteiger partial charge in [-0.3, -0.25) is 4.79 Å². The molecule has 8 heteroatoms. The highest BCUT2D eigenvalue weighted by molar-refractivity contribution is 7.90. The molecule has 0 fully saturated rings. The average Bonchev–Trinajstić information content (AvgIpc) is 2.87. The van der Waals surface area contributed by atoms with Crippen molar-refractivity contribution in [1.29, 1.82) is 0 Å². The molecule has 1 aliphatic rings. The summed E-state index contributed by atoms with van der Waals surface area (Å²) in [7, 11) is -4.01. The first-order valence-corrected chi connectivity index (χ1v) is 12.6. The number of rotatable bonds is 7. The zero-order valence-electron chi connectivity index (χ0n) is 19.3. The number of ether oxygens (including phenoxy) is 1. The maximum Gasteiger partial charge on any atom is 0.338 e. The predicted molar refractivity (Wildman–Crippen MR) is 134 cm³/mol. The molecule has 0 bridgehead atoms. The van der Waals surface area contributed by atoms with Crippen LogP contribution in [0.15, 0.2) is 93.9 Å². The number of nitrogens with one attached hydrogen (secondary N) is 1. The third kappa shape index (κ3) is 5.22. The van der Waals surface area contributed by atoms with E-state index in [1.165, 1.54) is 18.2 Å². The van der Waals surface area contributed by atoms with Crippen molar-refractivity contribution in [3.8, 4) is 0 Å². The van der Waals surface area contributed by atoms with Gasteiger partial charge in [0.25, 0.3) is 10.0 Å². The van der Waals surface area contributed by atoms with Gasteiger partial charge in [0.1, 0.15) is 0 Å². The van der Waals surface area contributed by atoms with Gasteiger partial charge in [-0.2, -0.15) is 12.8 Å². The molecule has 0 heterocycles. The van der Waals surface area contributed by atoms with Gasteiger partial charge < -0.3 is 10.1 Å². The van der Waals surface area contributed by atoms with Gasteiger partial charge in [0, 0.05) is 16.8 Å². The third-order valence-electron chi connectivity index (χ3n) is 5.50. The van der Waals surface area contributed by atoms with Crippen molar-refractivity contribution in [3.63, 3.8) is 0 Å². The number of carbonyl (C=O) groups excluding carboxylic acids is 2. The van der Waals surface area contributed by atoms with E-state index in [9.17, 15) is 18.0 Å². The van der Waals surface area contributed by atoms with Gasteiger partial charge in [-0.1, -0.05) is 43.3 Å². The van der Waals surface area contributed by atoms with E-state index in [0.717, 1.165) is 12.0 Å². The van der Waals surface area contributed by atoms with Crippen LogP contribution in [0.25, 0.3) is 0 Å². The number of Topliss-reactive ketones (excluding diaryl/α,β-unsaturated/α-hetero) is 1. The average molecular weight is 489 g/mol. The molecule has 7 nitrogen and oxygen atoms in total. The van der Waals surface area contributed by atoms with Crippen molar-refractivity contribution in [2.24, 2.45) is 4.40 Å². The molecule has 1 N–H and O–H groups in total. The largest absolute Gasteiger partial charge is 0.462 e. The second kappa shape index (κ2) is 10.1. The summed E-state index contributed by atoms with van der Waals surface area (Å²) in [6, 6.07) is 19.8. The fourth-order valence-electron chi connectivity index (χ4n) is 3.64. The molecule has 3 aromatic rings. The number of nitrogens with zero attached hydrogens (tertiary/aromatic N) is 1. The van der Waals surface area contributed by atoms with E-state index in [1.807, 2.05) is 6.92 Å². The fourth-order valence-corrected chi connectivity index (χ4v) is 4.63. The van der Waals surface area contributed by atoms with E-state index in [-0.39, 0.29) is 28.7 Å². The topological polar surface area (TPSA) is 102 Å². The second-order valence-electron chi connectivity index (χ2n) is 7.80. The molecule has 0 radical (unpaired) electrons. The van der Waals surface area contributed by atoms with Crippen molar-refractivity contribution in [1.82, 2.24) is 0 Å². The molecule has 0 saturated carbocycles. The highest BCUT2D eigenvalue weighted by Crippen LogP contribution is 2.25. The number of hydrogen-bond acceptors (Lipinski definition) is 6. The number of esters is 1. The molecule has 0 aromatic heterocycles.